The van der Waals surface area contributed by atoms with E-state index < -0.39 is 16.0 Å². The molecule has 2 N–H and O–H groups in total. The minimum absolute atomic E-state index is 0.0304. The van der Waals surface area contributed by atoms with Gasteiger partial charge in [0.25, 0.3) is 0 Å². The van der Waals surface area contributed by atoms with Crippen LogP contribution in [0.1, 0.15) is 62.1 Å². The van der Waals surface area contributed by atoms with Crippen molar-refractivity contribution in [2.24, 2.45) is 5.92 Å². The second-order valence-electron chi connectivity index (χ2n) is 11.0. The number of likely N-dealkylation sites (tertiary alicyclic amines) is 1. The maximum atomic E-state index is 13.4. The molecule has 2 aliphatic rings. The number of halogens is 1. The molecule has 1 heterocycles. The Hall–Kier alpha value is -3.56. The lowest BCUT2D eigenvalue weighted by atomic mass is 9.85. The molecule has 0 aromatic heterocycles. The van der Waals surface area contributed by atoms with Crippen molar-refractivity contribution in [2.75, 3.05) is 6.54 Å². The molecule has 1 aliphatic carbocycles. The van der Waals surface area contributed by atoms with Gasteiger partial charge in [-0.05, 0) is 91.5 Å². The van der Waals surface area contributed by atoms with E-state index in [9.17, 15) is 22.4 Å². The molecule has 0 bridgehead atoms. The fraction of sp³-hybridized carbons (Fsp3) is 0.375. The molecule has 1 aliphatic heterocycles. The molecule has 5 rings (SSSR count). The Morgan fingerprint density at radius 1 is 0.854 bits per heavy atom. The van der Waals surface area contributed by atoms with Gasteiger partial charge in [-0.2, -0.15) is 0 Å². The molecule has 1 atom stereocenters. The predicted octanol–water partition coefficient (Wildman–Crippen LogP) is 5.71. The van der Waals surface area contributed by atoms with Crippen LogP contribution in [-0.4, -0.2) is 42.9 Å². The maximum Gasteiger partial charge on any atom is 0.303 e. The topological polar surface area (TPSA) is 104 Å². The number of benzene rings is 3. The van der Waals surface area contributed by atoms with E-state index in [0.29, 0.717) is 38.6 Å². The smallest absolute Gasteiger partial charge is 0.303 e. The van der Waals surface area contributed by atoms with Gasteiger partial charge in [-0.15, -0.1) is 0 Å². The normalized spacial score (nSPS) is 21.1. The largest absolute Gasteiger partial charge is 0.481 e. The number of carbonyl (C=O) groups excluding carboxylic acids is 1. The number of carboxylic acids is 1. The fourth-order valence-electron chi connectivity index (χ4n) is 5.98. The molecule has 1 saturated heterocycles. The number of aliphatic carboxylic acids is 1. The average Bonchev–Trinajstić information content (AvgIpc) is 3.47. The van der Waals surface area contributed by atoms with Crippen LogP contribution in [0.25, 0.3) is 11.1 Å². The molecule has 0 radical (unpaired) electrons. The van der Waals surface area contributed by atoms with Gasteiger partial charge in [0.1, 0.15) is 5.82 Å². The zero-order chi connectivity index (χ0) is 29.0. The average molecular weight is 579 g/mol. The van der Waals surface area contributed by atoms with Gasteiger partial charge in [-0.1, -0.05) is 48.5 Å². The highest BCUT2D eigenvalue weighted by atomic mass is 32.2. The number of nitrogens with one attached hydrogen (secondary N) is 1. The number of hydrogen-bond donors (Lipinski definition) is 2. The minimum Gasteiger partial charge on any atom is -0.481 e. The lowest BCUT2D eigenvalue weighted by molar-refractivity contribution is -0.138. The zero-order valence-corrected chi connectivity index (χ0v) is 23.7. The van der Waals surface area contributed by atoms with Crippen LogP contribution in [0.15, 0.2) is 77.7 Å². The molecular formula is C32H35FN2O5S. The minimum atomic E-state index is -3.71. The Balaban J connectivity index is 1.15. The van der Waals surface area contributed by atoms with Crippen molar-refractivity contribution in [3.63, 3.8) is 0 Å². The van der Waals surface area contributed by atoms with E-state index in [1.807, 2.05) is 29.2 Å². The summed E-state index contributed by atoms with van der Waals surface area (Å²) >= 11 is 0. The van der Waals surface area contributed by atoms with E-state index in [4.69, 9.17) is 5.11 Å². The van der Waals surface area contributed by atoms with E-state index in [1.54, 1.807) is 36.4 Å². The second kappa shape index (κ2) is 12.5. The molecule has 41 heavy (non-hydrogen) atoms. The number of hydrogen-bond acceptors (Lipinski definition) is 4. The maximum absolute atomic E-state index is 13.4. The molecule has 216 valence electrons. The second-order valence-corrected chi connectivity index (χ2v) is 12.7. The monoisotopic (exact) mass is 578 g/mol. The molecule has 1 amide bonds. The summed E-state index contributed by atoms with van der Waals surface area (Å²) in [5, 5.41) is 8.85. The fourth-order valence-corrected chi connectivity index (χ4v) is 7.29. The predicted molar refractivity (Wildman–Crippen MR) is 154 cm³/mol. The van der Waals surface area contributed by atoms with Crippen LogP contribution in [-0.2, 0) is 26.0 Å². The van der Waals surface area contributed by atoms with Gasteiger partial charge < -0.3 is 10.0 Å². The van der Waals surface area contributed by atoms with Gasteiger partial charge in [0.05, 0.1) is 10.9 Å². The van der Waals surface area contributed by atoms with Crippen molar-refractivity contribution >= 4 is 21.9 Å². The van der Waals surface area contributed by atoms with Crippen molar-refractivity contribution in [3.05, 3.63) is 89.7 Å². The van der Waals surface area contributed by atoms with Crippen molar-refractivity contribution in [1.82, 2.24) is 9.62 Å². The van der Waals surface area contributed by atoms with Crippen LogP contribution in [0.3, 0.4) is 0 Å². The Kier molecular flexibility index (Phi) is 8.85. The number of aryl methyl sites for hydroxylation is 1. The van der Waals surface area contributed by atoms with Crippen LogP contribution in [0.4, 0.5) is 4.39 Å². The first-order valence-corrected chi connectivity index (χ1v) is 15.7. The summed E-state index contributed by atoms with van der Waals surface area (Å²) in [4.78, 5) is 26.3. The van der Waals surface area contributed by atoms with E-state index in [0.717, 1.165) is 35.1 Å². The Morgan fingerprint density at radius 3 is 2.07 bits per heavy atom. The Labute approximate surface area is 240 Å². The summed E-state index contributed by atoms with van der Waals surface area (Å²) in [5.41, 5.74) is 3.68. The van der Waals surface area contributed by atoms with Crippen molar-refractivity contribution in [2.45, 2.75) is 68.3 Å². The zero-order valence-electron chi connectivity index (χ0n) is 22.8. The van der Waals surface area contributed by atoms with Crippen LogP contribution >= 0.6 is 0 Å². The lowest BCUT2D eigenvalue weighted by Crippen LogP contribution is -2.42. The first-order chi connectivity index (χ1) is 19.7. The summed E-state index contributed by atoms with van der Waals surface area (Å²) in [7, 11) is -3.71. The highest BCUT2D eigenvalue weighted by Crippen LogP contribution is 2.36. The first-order valence-electron chi connectivity index (χ1n) is 14.2. The van der Waals surface area contributed by atoms with Crippen LogP contribution in [0.2, 0.25) is 0 Å². The molecule has 9 heteroatoms. The summed E-state index contributed by atoms with van der Waals surface area (Å²) < 4.78 is 42.4. The number of carbonyl (C=O) groups is 2. The standard InChI is InChI=1S/C32H35FN2O5S/c33-27-14-8-25(9-15-27)30-2-1-21-35(30)32(38)26-10-16-28(17-11-26)34-41(39,40)29-18-12-24(13-19-29)23-6-3-22(4-7-23)5-20-31(36)37/h3-4,6-9,12-15,18-19,26,28,30,34H,1-2,5,10-11,16-17,20-21H2,(H,36,37). The highest BCUT2D eigenvalue weighted by Gasteiger charge is 2.36. The molecular weight excluding hydrogens is 543 g/mol. The van der Waals surface area contributed by atoms with Crippen molar-refractivity contribution in [1.29, 1.82) is 0 Å². The number of carboxylic acid groups (broad SMARTS) is 1. The Morgan fingerprint density at radius 2 is 1.46 bits per heavy atom. The van der Waals surface area contributed by atoms with Gasteiger partial charge in [-0.25, -0.2) is 17.5 Å². The molecule has 3 aromatic carbocycles. The molecule has 3 aromatic rings. The molecule has 1 saturated carbocycles. The molecule has 1 unspecified atom stereocenters. The molecule has 0 spiro atoms. The number of nitrogens with zero attached hydrogens (tertiary/aromatic N) is 1. The van der Waals surface area contributed by atoms with Crippen LogP contribution < -0.4 is 4.72 Å². The van der Waals surface area contributed by atoms with E-state index >= 15 is 0 Å². The van der Waals surface area contributed by atoms with Crippen LogP contribution in [0, 0.1) is 11.7 Å². The number of amides is 1. The van der Waals surface area contributed by atoms with Crippen molar-refractivity contribution < 1.29 is 27.5 Å². The van der Waals surface area contributed by atoms with Gasteiger partial charge in [-0.3, -0.25) is 9.59 Å². The van der Waals surface area contributed by atoms with E-state index in [1.165, 1.54) is 12.1 Å². The summed E-state index contributed by atoms with van der Waals surface area (Å²) in [5.74, 6) is -1.14. The number of rotatable bonds is 9. The molecule has 2 fully saturated rings. The first kappa shape index (κ1) is 29.0. The van der Waals surface area contributed by atoms with Crippen molar-refractivity contribution in [3.8, 4) is 11.1 Å². The Bertz CT molecular complexity index is 1470. The summed E-state index contributed by atoms with van der Waals surface area (Å²) in [6.45, 7) is 0.693. The van der Waals surface area contributed by atoms with Gasteiger partial charge in [0.15, 0.2) is 0 Å². The molecule has 7 nitrogen and oxygen atoms in total. The summed E-state index contributed by atoms with van der Waals surface area (Å²) in [6, 6.07) is 20.4. The van der Waals surface area contributed by atoms with Gasteiger partial charge in [0.2, 0.25) is 15.9 Å². The van der Waals surface area contributed by atoms with Gasteiger partial charge in [0, 0.05) is 24.9 Å². The van der Waals surface area contributed by atoms with E-state index in [2.05, 4.69) is 4.72 Å². The quantitative estimate of drug-likeness (QED) is 0.339. The third kappa shape index (κ3) is 7.02. The lowest BCUT2D eigenvalue weighted by Gasteiger charge is -2.33. The SMILES string of the molecule is O=C(O)CCc1ccc(-c2ccc(S(=O)(=O)NC3CCC(C(=O)N4CCCC4c4ccc(F)cc4)CC3)cc2)cc1. The highest BCUT2D eigenvalue weighted by molar-refractivity contribution is 7.89. The third-order valence-electron chi connectivity index (χ3n) is 8.27. The van der Waals surface area contributed by atoms with Gasteiger partial charge >= 0.3 is 5.97 Å². The summed E-state index contributed by atoms with van der Waals surface area (Å²) in [6.07, 6.45) is 4.76. The van der Waals surface area contributed by atoms with E-state index in [-0.39, 0.29) is 41.0 Å². The number of sulfonamides is 1. The van der Waals surface area contributed by atoms with Crippen LogP contribution in [0.5, 0.6) is 0 Å². The third-order valence-corrected chi connectivity index (χ3v) is 9.80.